The number of benzene rings is 1. The summed E-state index contributed by atoms with van der Waals surface area (Å²) < 4.78 is 14.1. The zero-order valence-corrected chi connectivity index (χ0v) is 14.3. The van der Waals surface area contributed by atoms with Gasteiger partial charge in [0.1, 0.15) is 10.8 Å². The molecular weight excluding hydrogens is 283 g/mol. The minimum Gasteiger partial charge on any atom is -0.389 e. The van der Waals surface area contributed by atoms with Gasteiger partial charge in [-0.15, -0.1) is 0 Å². The summed E-state index contributed by atoms with van der Waals surface area (Å²) >= 11 is 4.99. The summed E-state index contributed by atoms with van der Waals surface area (Å²) in [7, 11) is 0. The summed E-state index contributed by atoms with van der Waals surface area (Å²) in [5.74, 6) is 0.363. The molecule has 0 radical (unpaired) electrons. The second kappa shape index (κ2) is 8.44. The summed E-state index contributed by atoms with van der Waals surface area (Å²) in [6, 6.07) is 5.36. The van der Waals surface area contributed by atoms with E-state index in [2.05, 4.69) is 32.6 Å². The van der Waals surface area contributed by atoms with Crippen molar-refractivity contribution in [1.29, 1.82) is 0 Å². The summed E-state index contributed by atoms with van der Waals surface area (Å²) in [6.07, 6.45) is 2.14. The number of rotatable bonds is 8. The van der Waals surface area contributed by atoms with Crippen LogP contribution in [0, 0.1) is 11.7 Å². The van der Waals surface area contributed by atoms with Crippen LogP contribution < -0.4 is 5.73 Å². The van der Waals surface area contributed by atoms with Crippen molar-refractivity contribution in [1.82, 2.24) is 4.90 Å². The average molecular weight is 310 g/mol. The molecule has 0 heterocycles. The summed E-state index contributed by atoms with van der Waals surface area (Å²) in [5.41, 5.74) is 7.06. The van der Waals surface area contributed by atoms with Gasteiger partial charge in [0.15, 0.2) is 0 Å². The van der Waals surface area contributed by atoms with Crippen LogP contribution in [0.4, 0.5) is 4.39 Å². The SMILES string of the molecule is CCC(CC)N(Cc1cc(C(N)=S)ccc1F)CC(C)C. The zero-order chi connectivity index (χ0) is 16.0. The zero-order valence-electron chi connectivity index (χ0n) is 13.5. The van der Waals surface area contributed by atoms with Crippen molar-refractivity contribution >= 4 is 17.2 Å². The second-order valence-corrected chi connectivity index (χ2v) is 6.40. The Labute approximate surface area is 133 Å². The average Bonchev–Trinajstić information content (AvgIpc) is 2.41. The van der Waals surface area contributed by atoms with E-state index >= 15 is 0 Å². The second-order valence-electron chi connectivity index (χ2n) is 5.96. The molecule has 0 unspecified atom stereocenters. The minimum absolute atomic E-state index is 0.185. The molecule has 0 aromatic heterocycles. The summed E-state index contributed by atoms with van der Waals surface area (Å²) in [4.78, 5) is 2.68. The first-order chi connectivity index (χ1) is 9.88. The van der Waals surface area contributed by atoms with E-state index in [0.717, 1.165) is 24.9 Å². The lowest BCUT2D eigenvalue weighted by atomic mass is 10.0. The molecule has 0 bridgehead atoms. The van der Waals surface area contributed by atoms with E-state index in [-0.39, 0.29) is 5.82 Å². The van der Waals surface area contributed by atoms with Gasteiger partial charge in [-0.2, -0.15) is 0 Å². The van der Waals surface area contributed by atoms with E-state index in [1.54, 1.807) is 12.1 Å². The molecule has 2 N–H and O–H groups in total. The van der Waals surface area contributed by atoms with E-state index in [1.807, 2.05) is 0 Å². The molecule has 1 aromatic carbocycles. The van der Waals surface area contributed by atoms with Gasteiger partial charge in [0.05, 0.1) is 0 Å². The molecule has 0 aliphatic carbocycles. The fraction of sp³-hybridized carbons (Fsp3) is 0.588. The van der Waals surface area contributed by atoms with Crippen LogP contribution in [0.3, 0.4) is 0 Å². The number of nitrogens with two attached hydrogens (primary N) is 1. The third kappa shape index (κ3) is 5.36. The van der Waals surface area contributed by atoms with Crippen LogP contribution in [0.2, 0.25) is 0 Å². The van der Waals surface area contributed by atoms with Crippen molar-refractivity contribution in [3.63, 3.8) is 0 Å². The lowest BCUT2D eigenvalue weighted by molar-refractivity contribution is 0.155. The minimum atomic E-state index is -0.185. The van der Waals surface area contributed by atoms with E-state index in [9.17, 15) is 4.39 Å². The van der Waals surface area contributed by atoms with Crippen molar-refractivity contribution in [2.45, 2.75) is 53.1 Å². The monoisotopic (exact) mass is 310 g/mol. The quantitative estimate of drug-likeness (QED) is 0.733. The van der Waals surface area contributed by atoms with Crippen LogP contribution >= 0.6 is 12.2 Å². The molecule has 4 heteroatoms. The molecule has 0 amide bonds. The Kier molecular flexibility index (Phi) is 7.26. The van der Waals surface area contributed by atoms with Crippen molar-refractivity contribution in [2.75, 3.05) is 6.54 Å². The Morgan fingerprint density at radius 2 is 1.90 bits per heavy atom. The first kappa shape index (κ1) is 18.1. The molecule has 0 saturated heterocycles. The third-order valence-corrected chi connectivity index (χ3v) is 4.00. The predicted octanol–water partition coefficient (Wildman–Crippen LogP) is 4.11. The Bertz CT molecular complexity index is 470. The van der Waals surface area contributed by atoms with Gasteiger partial charge in [0.2, 0.25) is 0 Å². The predicted molar refractivity (Wildman–Crippen MR) is 91.9 cm³/mol. The van der Waals surface area contributed by atoms with Gasteiger partial charge in [-0.25, -0.2) is 4.39 Å². The Balaban J connectivity index is 3.01. The van der Waals surface area contributed by atoms with Gasteiger partial charge in [-0.3, -0.25) is 4.90 Å². The molecule has 0 aliphatic rings. The maximum Gasteiger partial charge on any atom is 0.127 e. The molecule has 0 saturated carbocycles. The Morgan fingerprint density at radius 1 is 1.29 bits per heavy atom. The smallest absolute Gasteiger partial charge is 0.127 e. The number of nitrogens with zero attached hydrogens (tertiary/aromatic N) is 1. The largest absolute Gasteiger partial charge is 0.389 e. The normalized spacial score (nSPS) is 11.6. The van der Waals surface area contributed by atoms with Crippen molar-refractivity contribution in [3.8, 4) is 0 Å². The first-order valence-electron chi connectivity index (χ1n) is 7.71. The molecule has 0 fully saturated rings. The molecule has 118 valence electrons. The molecular formula is C17H27FN2S. The highest BCUT2D eigenvalue weighted by Crippen LogP contribution is 2.19. The van der Waals surface area contributed by atoms with Crippen molar-refractivity contribution in [2.24, 2.45) is 11.7 Å². The maximum absolute atomic E-state index is 14.1. The molecule has 1 rings (SSSR count). The van der Waals surface area contributed by atoms with Crippen molar-refractivity contribution in [3.05, 3.63) is 35.1 Å². The highest BCUT2D eigenvalue weighted by molar-refractivity contribution is 7.80. The van der Waals surface area contributed by atoms with E-state index < -0.39 is 0 Å². The van der Waals surface area contributed by atoms with Crippen LogP contribution in [-0.4, -0.2) is 22.5 Å². The Morgan fingerprint density at radius 3 is 2.38 bits per heavy atom. The van der Waals surface area contributed by atoms with Crippen LogP contribution in [0.15, 0.2) is 18.2 Å². The van der Waals surface area contributed by atoms with Gasteiger partial charge in [0.25, 0.3) is 0 Å². The molecule has 0 atom stereocenters. The van der Waals surface area contributed by atoms with Gasteiger partial charge in [-0.05, 0) is 37.0 Å². The Hall–Kier alpha value is -1.00. The van der Waals surface area contributed by atoms with Crippen LogP contribution in [0.5, 0.6) is 0 Å². The van der Waals surface area contributed by atoms with Crippen LogP contribution in [0.1, 0.15) is 51.7 Å². The highest BCUT2D eigenvalue weighted by Gasteiger charge is 2.18. The molecule has 1 aromatic rings. The fourth-order valence-corrected chi connectivity index (χ4v) is 2.81. The lowest BCUT2D eigenvalue weighted by Gasteiger charge is -2.32. The van der Waals surface area contributed by atoms with Gasteiger partial charge >= 0.3 is 0 Å². The van der Waals surface area contributed by atoms with Crippen LogP contribution in [0.25, 0.3) is 0 Å². The van der Waals surface area contributed by atoms with E-state index in [4.69, 9.17) is 18.0 Å². The molecule has 21 heavy (non-hydrogen) atoms. The summed E-state index contributed by atoms with van der Waals surface area (Å²) in [6.45, 7) is 10.3. The topological polar surface area (TPSA) is 29.3 Å². The number of hydrogen-bond acceptors (Lipinski definition) is 2. The van der Waals surface area contributed by atoms with Gasteiger partial charge < -0.3 is 5.73 Å². The van der Waals surface area contributed by atoms with E-state index in [0.29, 0.717) is 29.1 Å². The third-order valence-electron chi connectivity index (χ3n) is 3.76. The number of thiocarbonyl (C=S) groups is 1. The molecule has 0 spiro atoms. The number of hydrogen-bond donors (Lipinski definition) is 1. The molecule has 2 nitrogen and oxygen atoms in total. The van der Waals surface area contributed by atoms with E-state index in [1.165, 1.54) is 6.07 Å². The number of halogens is 1. The van der Waals surface area contributed by atoms with Gasteiger partial charge in [0, 0.05) is 30.3 Å². The first-order valence-corrected chi connectivity index (χ1v) is 8.12. The standard InChI is InChI=1S/C17H27FN2S/c1-5-15(6-2)20(10-12(3)4)11-14-9-13(17(19)21)7-8-16(14)18/h7-9,12,15H,5-6,10-11H2,1-4H3,(H2,19,21). The van der Waals surface area contributed by atoms with Crippen molar-refractivity contribution < 1.29 is 4.39 Å². The maximum atomic E-state index is 14.1. The highest BCUT2D eigenvalue weighted by atomic mass is 32.1. The fourth-order valence-electron chi connectivity index (χ4n) is 2.68. The van der Waals surface area contributed by atoms with Gasteiger partial charge in [-0.1, -0.05) is 39.9 Å². The lowest BCUT2D eigenvalue weighted by Crippen LogP contribution is -2.37. The summed E-state index contributed by atoms with van der Waals surface area (Å²) in [5, 5.41) is 0. The molecule has 0 aliphatic heterocycles. The van der Waals surface area contributed by atoms with Crippen LogP contribution in [-0.2, 0) is 6.54 Å².